The topological polar surface area (TPSA) is 62.2 Å². The normalized spacial score (nSPS) is 12.2. The van der Waals surface area contributed by atoms with Crippen molar-refractivity contribution >= 4 is 28.8 Å². The fraction of sp³-hybridized carbons (Fsp3) is 0.333. The number of aliphatic hydroxyl groups excluding tert-OH is 1. The van der Waals surface area contributed by atoms with Gasteiger partial charge in [-0.05, 0) is 32.4 Å². The molecule has 112 valence electrons. The number of nitrogens with zero attached hydrogens (tertiary/aromatic N) is 1. The molecule has 0 aliphatic carbocycles. The van der Waals surface area contributed by atoms with Crippen LogP contribution in [0.4, 0.5) is 0 Å². The highest BCUT2D eigenvalue weighted by molar-refractivity contribution is 7.17. The number of thiazole rings is 1. The summed E-state index contributed by atoms with van der Waals surface area (Å²) in [5, 5.41) is 13.4. The molecular formula is C15H17ClN2O2S. The molecule has 0 aliphatic heterocycles. The second kappa shape index (κ2) is 7.02. The molecule has 6 heteroatoms. The van der Waals surface area contributed by atoms with Crippen molar-refractivity contribution in [2.24, 2.45) is 0 Å². The average Bonchev–Trinajstić information content (AvgIpc) is 2.80. The lowest BCUT2D eigenvalue weighted by Gasteiger charge is -2.05. The minimum Gasteiger partial charge on any atom is -0.393 e. The number of rotatable bonds is 5. The van der Waals surface area contributed by atoms with Gasteiger partial charge in [-0.1, -0.05) is 23.7 Å². The van der Waals surface area contributed by atoms with E-state index in [1.54, 1.807) is 13.0 Å². The molecule has 4 nitrogen and oxygen atoms in total. The zero-order chi connectivity index (χ0) is 15.4. The van der Waals surface area contributed by atoms with Gasteiger partial charge in [0.1, 0.15) is 9.88 Å². The molecule has 0 spiro atoms. The van der Waals surface area contributed by atoms with Crippen LogP contribution in [0.25, 0.3) is 10.6 Å². The van der Waals surface area contributed by atoms with Gasteiger partial charge in [0.15, 0.2) is 0 Å². The minimum absolute atomic E-state index is 0.154. The van der Waals surface area contributed by atoms with Gasteiger partial charge in [-0.25, -0.2) is 4.98 Å². The number of aromatic nitrogens is 1. The zero-order valence-corrected chi connectivity index (χ0v) is 13.5. The standard InChI is InChI=1S/C15H17ClN2O2S/c1-9(19)6-7-17-14(20)13-10(2)18-15(21-13)11-4-3-5-12(16)8-11/h3-5,8-9,19H,6-7H2,1-2H3,(H,17,20). The quantitative estimate of drug-likeness (QED) is 0.887. The number of carbonyl (C=O) groups excluding carboxylic acids is 1. The number of hydrogen-bond donors (Lipinski definition) is 2. The number of amides is 1. The van der Waals surface area contributed by atoms with Gasteiger partial charge in [0, 0.05) is 17.1 Å². The van der Waals surface area contributed by atoms with Crippen LogP contribution in [0.3, 0.4) is 0 Å². The summed E-state index contributed by atoms with van der Waals surface area (Å²) in [7, 11) is 0. The number of aliphatic hydroxyl groups is 1. The Balaban J connectivity index is 2.14. The van der Waals surface area contributed by atoms with E-state index in [1.165, 1.54) is 11.3 Å². The molecule has 1 atom stereocenters. The predicted octanol–water partition coefficient (Wildman–Crippen LogP) is 3.27. The van der Waals surface area contributed by atoms with Crippen LogP contribution in [0.2, 0.25) is 5.02 Å². The Bertz CT molecular complexity index is 640. The van der Waals surface area contributed by atoms with E-state index in [-0.39, 0.29) is 5.91 Å². The molecule has 0 radical (unpaired) electrons. The molecule has 1 heterocycles. The maximum atomic E-state index is 12.1. The smallest absolute Gasteiger partial charge is 0.263 e. The first kappa shape index (κ1) is 15.9. The van der Waals surface area contributed by atoms with Crippen LogP contribution in [-0.4, -0.2) is 28.6 Å². The number of carbonyl (C=O) groups is 1. The van der Waals surface area contributed by atoms with E-state index in [0.29, 0.717) is 28.6 Å². The van der Waals surface area contributed by atoms with E-state index in [1.807, 2.05) is 25.1 Å². The van der Waals surface area contributed by atoms with Gasteiger partial charge in [-0.2, -0.15) is 0 Å². The Kier molecular flexibility index (Phi) is 5.33. The molecule has 21 heavy (non-hydrogen) atoms. The fourth-order valence-electron chi connectivity index (χ4n) is 1.83. The van der Waals surface area contributed by atoms with Gasteiger partial charge in [0.05, 0.1) is 11.8 Å². The van der Waals surface area contributed by atoms with Crippen molar-refractivity contribution in [2.45, 2.75) is 26.4 Å². The molecule has 2 N–H and O–H groups in total. The molecule has 0 aliphatic rings. The molecule has 2 rings (SSSR count). The SMILES string of the molecule is Cc1nc(-c2cccc(Cl)c2)sc1C(=O)NCCC(C)O. The third-order valence-corrected chi connectivity index (χ3v) is 4.36. The van der Waals surface area contributed by atoms with Gasteiger partial charge < -0.3 is 10.4 Å². The van der Waals surface area contributed by atoms with Crippen molar-refractivity contribution < 1.29 is 9.90 Å². The first-order valence-corrected chi connectivity index (χ1v) is 7.86. The molecule has 1 amide bonds. The summed E-state index contributed by atoms with van der Waals surface area (Å²) >= 11 is 7.32. The summed E-state index contributed by atoms with van der Waals surface area (Å²) < 4.78 is 0. The lowest BCUT2D eigenvalue weighted by atomic mass is 10.2. The number of aryl methyl sites for hydroxylation is 1. The Morgan fingerprint density at radius 1 is 1.52 bits per heavy atom. The second-order valence-corrected chi connectivity index (χ2v) is 6.27. The monoisotopic (exact) mass is 324 g/mol. The summed E-state index contributed by atoms with van der Waals surface area (Å²) in [6.07, 6.45) is 0.111. The highest BCUT2D eigenvalue weighted by Crippen LogP contribution is 2.29. The summed E-state index contributed by atoms with van der Waals surface area (Å²) in [6.45, 7) is 3.95. The second-order valence-electron chi connectivity index (χ2n) is 4.84. The molecular weight excluding hydrogens is 308 g/mol. The molecule has 0 saturated heterocycles. The van der Waals surface area contributed by atoms with Gasteiger partial charge in [-0.3, -0.25) is 4.79 Å². The number of benzene rings is 1. The first-order chi connectivity index (χ1) is 9.97. The Labute approximate surface area is 132 Å². The summed E-state index contributed by atoms with van der Waals surface area (Å²) in [4.78, 5) is 17.1. The third-order valence-electron chi connectivity index (χ3n) is 2.92. The van der Waals surface area contributed by atoms with E-state index in [2.05, 4.69) is 10.3 Å². The van der Waals surface area contributed by atoms with Crippen LogP contribution in [0.1, 0.15) is 28.7 Å². The van der Waals surface area contributed by atoms with Crippen molar-refractivity contribution in [1.82, 2.24) is 10.3 Å². The van der Waals surface area contributed by atoms with Crippen molar-refractivity contribution in [3.8, 4) is 10.6 Å². The molecule has 0 bridgehead atoms. The zero-order valence-electron chi connectivity index (χ0n) is 11.9. The van der Waals surface area contributed by atoms with Crippen LogP contribution in [0.15, 0.2) is 24.3 Å². The Morgan fingerprint density at radius 3 is 2.95 bits per heavy atom. The minimum atomic E-state index is -0.421. The van der Waals surface area contributed by atoms with Crippen LogP contribution in [0, 0.1) is 6.92 Å². The maximum absolute atomic E-state index is 12.1. The van der Waals surface area contributed by atoms with Gasteiger partial charge >= 0.3 is 0 Å². The summed E-state index contributed by atoms with van der Waals surface area (Å²) in [6, 6.07) is 7.40. The number of halogens is 1. The van der Waals surface area contributed by atoms with Crippen molar-refractivity contribution in [1.29, 1.82) is 0 Å². The Hall–Kier alpha value is -1.43. The van der Waals surface area contributed by atoms with Gasteiger partial charge in [0.2, 0.25) is 0 Å². The number of hydrogen-bond acceptors (Lipinski definition) is 4. The Morgan fingerprint density at radius 2 is 2.29 bits per heavy atom. The van der Waals surface area contributed by atoms with Crippen molar-refractivity contribution in [3.05, 3.63) is 39.9 Å². The molecule has 0 fully saturated rings. The van der Waals surface area contributed by atoms with Crippen LogP contribution < -0.4 is 5.32 Å². The molecule has 1 unspecified atom stereocenters. The highest BCUT2D eigenvalue weighted by atomic mass is 35.5. The lowest BCUT2D eigenvalue weighted by Crippen LogP contribution is -2.26. The van der Waals surface area contributed by atoms with E-state index >= 15 is 0 Å². The largest absolute Gasteiger partial charge is 0.393 e. The van der Waals surface area contributed by atoms with E-state index < -0.39 is 6.10 Å². The predicted molar refractivity (Wildman–Crippen MR) is 85.9 cm³/mol. The average molecular weight is 325 g/mol. The van der Waals surface area contributed by atoms with Crippen LogP contribution in [0.5, 0.6) is 0 Å². The lowest BCUT2D eigenvalue weighted by molar-refractivity contribution is 0.0949. The maximum Gasteiger partial charge on any atom is 0.263 e. The van der Waals surface area contributed by atoms with Crippen LogP contribution >= 0.6 is 22.9 Å². The van der Waals surface area contributed by atoms with Crippen molar-refractivity contribution in [3.63, 3.8) is 0 Å². The van der Waals surface area contributed by atoms with E-state index in [4.69, 9.17) is 11.6 Å². The highest BCUT2D eigenvalue weighted by Gasteiger charge is 2.16. The van der Waals surface area contributed by atoms with Gasteiger partial charge in [0.25, 0.3) is 5.91 Å². The van der Waals surface area contributed by atoms with E-state index in [0.717, 1.165) is 10.6 Å². The summed E-state index contributed by atoms with van der Waals surface area (Å²) in [5.41, 5.74) is 1.60. The summed E-state index contributed by atoms with van der Waals surface area (Å²) in [5.74, 6) is -0.154. The molecule has 1 aromatic heterocycles. The molecule has 2 aromatic rings. The third kappa shape index (κ3) is 4.27. The van der Waals surface area contributed by atoms with Crippen molar-refractivity contribution in [2.75, 3.05) is 6.54 Å². The number of nitrogens with one attached hydrogen (secondary N) is 1. The van der Waals surface area contributed by atoms with E-state index in [9.17, 15) is 9.90 Å². The first-order valence-electron chi connectivity index (χ1n) is 6.67. The fourth-order valence-corrected chi connectivity index (χ4v) is 3.00. The van der Waals surface area contributed by atoms with Gasteiger partial charge in [-0.15, -0.1) is 11.3 Å². The molecule has 0 saturated carbocycles. The van der Waals surface area contributed by atoms with Crippen LogP contribution in [-0.2, 0) is 0 Å². The molecule has 1 aromatic carbocycles.